The number of rotatable bonds is 6. The van der Waals surface area contributed by atoms with Crippen molar-refractivity contribution in [2.24, 2.45) is 0 Å². The Morgan fingerprint density at radius 2 is 1.96 bits per heavy atom. The van der Waals surface area contributed by atoms with E-state index >= 15 is 0 Å². The molecule has 2 heterocycles. The van der Waals surface area contributed by atoms with E-state index in [0.29, 0.717) is 22.1 Å². The molecule has 3 rings (SSSR count). The Morgan fingerprint density at radius 3 is 2.61 bits per heavy atom. The van der Waals surface area contributed by atoms with Gasteiger partial charge in [-0.15, -0.1) is 11.3 Å². The summed E-state index contributed by atoms with van der Waals surface area (Å²) in [6, 6.07) is 7.31. The molecule has 28 heavy (non-hydrogen) atoms. The number of carbonyl (C=O) groups is 1. The normalized spacial score (nSPS) is 11.4. The van der Waals surface area contributed by atoms with Crippen molar-refractivity contribution in [3.63, 3.8) is 0 Å². The van der Waals surface area contributed by atoms with Crippen molar-refractivity contribution < 1.29 is 4.79 Å². The van der Waals surface area contributed by atoms with Gasteiger partial charge in [-0.25, -0.2) is 4.98 Å². The summed E-state index contributed by atoms with van der Waals surface area (Å²) in [6.45, 7) is 8.29. The molecule has 1 amide bonds. The highest BCUT2D eigenvalue weighted by atomic mass is 35.5. The molecule has 148 valence electrons. The van der Waals surface area contributed by atoms with E-state index in [4.69, 9.17) is 11.6 Å². The van der Waals surface area contributed by atoms with Crippen LogP contribution in [0.3, 0.4) is 0 Å². The summed E-state index contributed by atoms with van der Waals surface area (Å²) in [5.41, 5.74) is 1.93. The molecule has 0 unspecified atom stereocenters. The van der Waals surface area contributed by atoms with Crippen LogP contribution in [0.15, 0.2) is 34.2 Å². The first-order valence-corrected chi connectivity index (χ1v) is 11.1. The van der Waals surface area contributed by atoms with Gasteiger partial charge in [-0.3, -0.25) is 14.2 Å². The van der Waals surface area contributed by atoms with Crippen molar-refractivity contribution in [3.8, 4) is 0 Å². The lowest BCUT2D eigenvalue weighted by Crippen LogP contribution is -2.27. The molecule has 5 nitrogen and oxygen atoms in total. The molecule has 0 aliphatic carbocycles. The van der Waals surface area contributed by atoms with E-state index in [1.807, 2.05) is 39.8 Å². The summed E-state index contributed by atoms with van der Waals surface area (Å²) in [5, 5.41) is 4.82. The lowest BCUT2D eigenvalue weighted by molar-refractivity contribution is -0.118. The lowest BCUT2D eigenvalue weighted by Gasteiger charge is -2.15. The van der Waals surface area contributed by atoms with Gasteiger partial charge >= 0.3 is 0 Å². The molecule has 0 saturated heterocycles. The van der Waals surface area contributed by atoms with Gasteiger partial charge in [0.05, 0.1) is 11.1 Å². The molecule has 0 bridgehead atoms. The monoisotopic (exact) mass is 435 g/mol. The zero-order chi connectivity index (χ0) is 20.4. The fraction of sp³-hybridized carbons (Fsp3) is 0.350. The molecule has 1 aromatic carbocycles. The second kappa shape index (κ2) is 8.68. The number of benzene rings is 1. The topological polar surface area (TPSA) is 64.0 Å². The van der Waals surface area contributed by atoms with E-state index in [0.717, 1.165) is 20.8 Å². The van der Waals surface area contributed by atoms with Crippen molar-refractivity contribution in [1.29, 1.82) is 0 Å². The number of thioether (sulfide) groups is 1. The number of amides is 1. The Balaban J connectivity index is 1.76. The Bertz CT molecular complexity index is 1070. The summed E-state index contributed by atoms with van der Waals surface area (Å²) in [5.74, 6) is 0.0878. The van der Waals surface area contributed by atoms with Crippen molar-refractivity contribution >= 4 is 50.8 Å². The van der Waals surface area contributed by atoms with Gasteiger partial charge in [0.1, 0.15) is 4.83 Å². The summed E-state index contributed by atoms with van der Waals surface area (Å²) >= 11 is 8.68. The van der Waals surface area contributed by atoms with Gasteiger partial charge in [-0.1, -0.05) is 35.5 Å². The van der Waals surface area contributed by atoms with E-state index in [-0.39, 0.29) is 23.3 Å². The Kier molecular flexibility index (Phi) is 6.47. The van der Waals surface area contributed by atoms with E-state index in [1.165, 1.54) is 23.1 Å². The van der Waals surface area contributed by atoms with Crippen LogP contribution < -0.4 is 10.9 Å². The molecule has 0 spiro atoms. The molecule has 8 heteroatoms. The van der Waals surface area contributed by atoms with Gasteiger partial charge in [0.25, 0.3) is 5.56 Å². The van der Waals surface area contributed by atoms with Crippen LogP contribution in [0, 0.1) is 13.8 Å². The number of nitrogens with one attached hydrogen (secondary N) is 1. The van der Waals surface area contributed by atoms with Gasteiger partial charge in [-0.2, -0.15) is 0 Å². The molecule has 3 aromatic rings. The predicted molar refractivity (Wildman–Crippen MR) is 118 cm³/mol. The van der Waals surface area contributed by atoms with Crippen molar-refractivity contribution in [1.82, 2.24) is 14.9 Å². The van der Waals surface area contributed by atoms with E-state index in [2.05, 4.69) is 10.3 Å². The number of thiophene rings is 1. The minimum Gasteiger partial charge on any atom is -0.351 e. The van der Waals surface area contributed by atoms with Crippen LogP contribution in [-0.2, 0) is 11.3 Å². The molecule has 0 aliphatic heterocycles. The van der Waals surface area contributed by atoms with E-state index < -0.39 is 0 Å². The van der Waals surface area contributed by atoms with Gasteiger partial charge in [0.15, 0.2) is 5.16 Å². The van der Waals surface area contributed by atoms with Crippen LogP contribution in [-0.4, -0.2) is 21.2 Å². The van der Waals surface area contributed by atoms with Gasteiger partial charge in [0, 0.05) is 22.5 Å². The summed E-state index contributed by atoms with van der Waals surface area (Å²) in [6.07, 6.45) is 0. The van der Waals surface area contributed by atoms with Crippen LogP contribution in [0.4, 0.5) is 0 Å². The average molecular weight is 436 g/mol. The van der Waals surface area contributed by atoms with Crippen molar-refractivity contribution in [3.05, 3.63) is 55.6 Å². The number of hydrogen-bond acceptors (Lipinski definition) is 5. The summed E-state index contributed by atoms with van der Waals surface area (Å²) < 4.78 is 1.68. The third kappa shape index (κ3) is 4.42. The third-order valence-corrected chi connectivity index (χ3v) is 6.76. The second-order valence-electron chi connectivity index (χ2n) is 6.82. The maximum atomic E-state index is 13.0. The van der Waals surface area contributed by atoms with Crippen molar-refractivity contribution in [2.75, 3.05) is 5.75 Å². The number of halogens is 1. The third-order valence-electron chi connectivity index (χ3n) is 4.45. The molecule has 2 aromatic heterocycles. The number of nitrogens with zero attached hydrogens (tertiary/aromatic N) is 2. The van der Waals surface area contributed by atoms with Gasteiger partial charge < -0.3 is 5.32 Å². The van der Waals surface area contributed by atoms with Gasteiger partial charge in [0.2, 0.25) is 5.91 Å². The number of hydrogen-bond donors (Lipinski definition) is 1. The molecular formula is C20H22ClN3O2S2. The predicted octanol–water partition coefficient (Wildman–Crippen LogP) is 4.72. The summed E-state index contributed by atoms with van der Waals surface area (Å²) in [4.78, 5) is 31.8. The van der Waals surface area contributed by atoms with Crippen LogP contribution in [0.2, 0.25) is 5.02 Å². The fourth-order valence-electron chi connectivity index (χ4n) is 2.83. The molecule has 0 saturated carbocycles. The number of carbonyl (C=O) groups excluding carboxylic acids is 1. The first kappa shape index (κ1) is 20.9. The number of aryl methyl sites for hydroxylation is 2. The largest absolute Gasteiger partial charge is 0.351 e. The zero-order valence-electron chi connectivity index (χ0n) is 16.2. The molecule has 0 fully saturated rings. The minimum absolute atomic E-state index is 0.0362. The summed E-state index contributed by atoms with van der Waals surface area (Å²) in [7, 11) is 0. The van der Waals surface area contributed by atoms with E-state index in [1.54, 1.807) is 16.7 Å². The quantitative estimate of drug-likeness (QED) is 0.449. The second-order valence-corrected chi connectivity index (χ2v) is 9.40. The maximum Gasteiger partial charge on any atom is 0.263 e. The first-order valence-electron chi connectivity index (χ1n) is 8.94. The highest BCUT2D eigenvalue weighted by Crippen LogP contribution is 2.29. The highest BCUT2D eigenvalue weighted by molar-refractivity contribution is 7.99. The average Bonchev–Trinajstić information content (AvgIpc) is 2.93. The Labute approximate surface area is 177 Å². The fourth-order valence-corrected chi connectivity index (χ4v) is 4.98. The molecule has 1 N–H and O–H groups in total. The number of aromatic nitrogens is 2. The van der Waals surface area contributed by atoms with Crippen LogP contribution in [0.1, 0.15) is 35.9 Å². The SMILES string of the molecule is Cc1sc2nc(SCC(=O)NCc3ccc(Cl)cc3)n(C(C)C)c(=O)c2c1C. The molecule has 0 radical (unpaired) electrons. The van der Waals surface area contributed by atoms with Crippen LogP contribution in [0.5, 0.6) is 0 Å². The molecular weight excluding hydrogens is 414 g/mol. The van der Waals surface area contributed by atoms with Crippen LogP contribution >= 0.6 is 34.7 Å². The number of fused-ring (bicyclic) bond motifs is 1. The van der Waals surface area contributed by atoms with Crippen molar-refractivity contribution in [2.45, 2.75) is 45.4 Å². The minimum atomic E-state index is -0.108. The molecule has 0 aliphatic rings. The lowest BCUT2D eigenvalue weighted by atomic mass is 10.2. The Hall–Kier alpha value is -1.83. The van der Waals surface area contributed by atoms with E-state index in [9.17, 15) is 9.59 Å². The maximum absolute atomic E-state index is 13.0. The molecule has 0 atom stereocenters. The smallest absolute Gasteiger partial charge is 0.263 e. The standard InChI is InChI=1S/C20H22ClN3O2S2/c1-11(2)24-19(26)17-12(3)13(4)28-18(17)23-20(24)27-10-16(25)22-9-14-5-7-15(21)8-6-14/h5-8,11H,9-10H2,1-4H3,(H,22,25). The highest BCUT2D eigenvalue weighted by Gasteiger charge is 2.19. The van der Waals surface area contributed by atoms with Gasteiger partial charge in [-0.05, 0) is 51.0 Å². The Morgan fingerprint density at radius 1 is 1.29 bits per heavy atom. The first-order chi connectivity index (χ1) is 13.3. The van der Waals surface area contributed by atoms with Crippen LogP contribution in [0.25, 0.3) is 10.2 Å². The zero-order valence-corrected chi connectivity index (χ0v) is 18.6.